The lowest BCUT2D eigenvalue weighted by Crippen LogP contribution is -2.29. The van der Waals surface area contributed by atoms with E-state index >= 15 is 0 Å². The Labute approximate surface area is 209 Å². The van der Waals surface area contributed by atoms with Gasteiger partial charge in [0.2, 0.25) is 0 Å². The van der Waals surface area contributed by atoms with Crippen LogP contribution >= 0.6 is 0 Å². The molecule has 3 aromatic carbocycles. The number of aliphatic hydroxyl groups is 1. The second kappa shape index (κ2) is 10.1. The van der Waals surface area contributed by atoms with Crippen molar-refractivity contribution < 1.29 is 28.6 Å². The molecule has 1 heterocycles. The third-order valence-corrected chi connectivity index (χ3v) is 6.22. The van der Waals surface area contributed by atoms with E-state index in [-0.39, 0.29) is 23.4 Å². The van der Waals surface area contributed by atoms with Gasteiger partial charge in [-0.05, 0) is 42.0 Å². The van der Waals surface area contributed by atoms with Gasteiger partial charge in [0.05, 0.1) is 37.9 Å². The molecule has 1 N–H and O–H groups in total. The van der Waals surface area contributed by atoms with Crippen molar-refractivity contribution in [3.05, 3.63) is 94.8 Å². The van der Waals surface area contributed by atoms with Gasteiger partial charge < -0.3 is 24.4 Å². The fourth-order valence-electron chi connectivity index (χ4n) is 4.37. The van der Waals surface area contributed by atoms with Crippen LogP contribution < -0.4 is 14.4 Å². The van der Waals surface area contributed by atoms with Crippen LogP contribution in [0, 0.1) is 5.82 Å². The van der Waals surface area contributed by atoms with E-state index in [1.54, 1.807) is 24.3 Å². The molecule has 186 valence electrons. The maximum Gasteiger partial charge on any atom is 0.295 e. The Morgan fingerprint density at radius 2 is 1.64 bits per heavy atom. The third kappa shape index (κ3) is 4.49. The van der Waals surface area contributed by atoms with Gasteiger partial charge in [-0.25, -0.2) is 4.39 Å². The molecule has 8 heteroatoms. The maximum absolute atomic E-state index is 14.1. The van der Waals surface area contributed by atoms with Crippen molar-refractivity contribution >= 4 is 23.1 Å². The summed E-state index contributed by atoms with van der Waals surface area (Å²) in [5, 5.41) is 11.3. The Morgan fingerprint density at radius 1 is 0.972 bits per heavy atom. The lowest BCUT2D eigenvalue weighted by molar-refractivity contribution is -0.140. The number of ketones is 1. The molecule has 1 atom stereocenters. The number of rotatable bonds is 7. The SMILES string of the molecule is COc1ccccc1CN1C(=O)C(=O)/C(=C(/O)c2cc(F)ccc2OC)C1c1ccc(N(C)C)cc1. The summed E-state index contributed by atoms with van der Waals surface area (Å²) in [6.07, 6.45) is 0. The number of likely N-dealkylation sites (tertiary alicyclic amines) is 1. The number of aliphatic hydroxyl groups excluding tert-OH is 1. The zero-order valence-corrected chi connectivity index (χ0v) is 20.5. The van der Waals surface area contributed by atoms with Crippen LogP contribution in [-0.4, -0.2) is 50.0 Å². The zero-order valence-electron chi connectivity index (χ0n) is 20.5. The van der Waals surface area contributed by atoms with Crippen LogP contribution in [0.5, 0.6) is 11.5 Å². The van der Waals surface area contributed by atoms with E-state index < -0.39 is 29.3 Å². The van der Waals surface area contributed by atoms with Gasteiger partial charge in [-0.15, -0.1) is 0 Å². The molecule has 0 aromatic heterocycles. The van der Waals surface area contributed by atoms with Crippen LogP contribution in [0.4, 0.5) is 10.1 Å². The fourth-order valence-corrected chi connectivity index (χ4v) is 4.37. The van der Waals surface area contributed by atoms with Gasteiger partial charge in [0.1, 0.15) is 23.1 Å². The summed E-state index contributed by atoms with van der Waals surface area (Å²) in [7, 11) is 6.71. The minimum absolute atomic E-state index is 0.0114. The van der Waals surface area contributed by atoms with Gasteiger partial charge in [0, 0.05) is 25.3 Å². The Hall–Kier alpha value is -4.33. The minimum Gasteiger partial charge on any atom is -0.507 e. The summed E-state index contributed by atoms with van der Waals surface area (Å²) >= 11 is 0. The molecule has 7 nitrogen and oxygen atoms in total. The van der Waals surface area contributed by atoms with Crippen molar-refractivity contribution in [3.63, 3.8) is 0 Å². The van der Waals surface area contributed by atoms with Crippen LogP contribution in [0.15, 0.2) is 72.3 Å². The van der Waals surface area contributed by atoms with Crippen LogP contribution in [0.2, 0.25) is 0 Å². The summed E-state index contributed by atoms with van der Waals surface area (Å²) < 4.78 is 24.8. The summed E-state index contributed by atoms with van der Waals surface area (Å²) in [4.78, 5) is 30.0. The molecule has 0 aliphatic carbocycles. The van der Waals surface area contributed by atoms with Crippen molar-refractivity contribution in [1.82, 2.24) is 4.90 Å². The number of benzene rings is 3. The number of ether oxygens (including phenoxy) is 2. The predicted octanol–water partition coefficient (Wildman–Crippen LogP) is 4.53. The van der Waals surface area contributed by atoms with Crippen molar-refractivity contribution in [3.8, 4) is 11.5 Å². The number of carbonyl (C=O) groups is 2. The maximum atomic E-state index is 14.1. The van der Waals surface area contributed by atoms with Crippen molar-refractivity contribution in [2.24, 2.45) is 0 Å². The summed E-state index contributed by atoms with van der Waals surface area (Å²) in [5.74, 6) is -2.03. The average molecular weight is 491 g/mol. The van der Waals surface area contributed by atoms with Crippen LogP contribution in [0.25, 0.3) is 5.76 Å². The molecule has 4 rings (SSSR count). The lowest BCUT2D eigenvalue weighted by atomic mass is 9.94. The highest BCUT2D eigenvalue weighted by molar-refractivity contribution is 6.46. The van der Waals surface area contributed by atoms with Crippen LogP contribution in [-0.2, 0) is 16.1 Å². The summed E-state index contributed by atoms with van der Waals surface area (Å²) in [5.41, 5.74) is 2.08. The monoisotopic (exact) mass is 490 g/mol. The molecule has 1 unspecified atom stereocenters. The number of anilines is 1. The van der Waals surface area contributed by atoms with Crippen molar-refractivity contribution in [1.29, 1.82) is 0 Å². The number of para-hydroxylation sites is 1. The Morgan fingerprint density at radius 3 is 2.28 bits per heavy atom. The molecule has 3 aromatic rings. The van der Waals surface area contributed by atoms with E-state index in [0.29, 0.717) is 16.9 Å². The quantitative estimate of drug-likeness (QED) is 0.298. The zero-order chi connectivity index (χ0) is 26.0. The van der Waals surface area contributed by atoms with Gasteiger partial charge in [0.25, 0.3) is 11.7 Å². The predicted molar refractivity (Wildman–Crippen MR) is 135 cm³/mol. The fraction of sp³-hybridized carbons (Fsp3) is 0.214. The van der Waals surface area contributed by atoms with Crippen LogP contribution in [0.1, 0.15) is 22.7 Å². The number of methoxy groups -OCH3 is 2. The molecule has 0 saturated carbocycles. The van der Waals surface area contributed by atoms with Crippen LogP contribution in [0.3, 0.4) is 0 Å². The summed E-state index contributed by atoms with van der Waals surface area (Å²) in [6, 6.07) is 17.2. The largest absolute Gasteiger partial charge is 0.507 e. The summed E-state index contributed by atoms with van der Waals surface area (Å²) in [6.45, 7) is 0.0613. The van der Waals surface area contributed by atoms with Gasteiger partial charge in [-0.1, -0.05) is 30.3 Å². The number of Topliss-reactive ketones (excluding diaryl/α,β-unsaturated/α-hetero) is 1. The molecule has 1 amide bonds. The molecule has 0 radical (unpaired) electrons. The molecular formula is C28H27FN2O5. The van der Waals surface area contributed by atoms with Crippen molar-refractivity contribution in [2.45, 2.75) is 12.6 Å². The highest BCUT2D eigenvalue weighted by atomic mass is 19.1. The Balaban J connectivity index is 1.91. The molecular weight excluding hydrogens is 463 g/mol. The molecule has 0 bridgehead atoms. The second-order valence-electron chi connectivity index (χ2n) is 8.57. The Bertz CT molecular complexity index is 1330. The third-order valence-electron chi connectivity index (χ3n) is 6.22. The van der Waals surface area contributed by atoms with E-state index in [9.17, 15) is 19.1 Å². The van der Waals surface area contributed by atoms with E-state index in [2.05, 4.69) is 0 Å². The van der Waals surface area contributed by atoms with E-state index in [1.165, 1.54) is 31.3 Å². The first kappa shape index (κ1) is 24.8. The van der Waals surface area contributed by atoms with E-state index in [4.69, 9.17) is 9.47 Å². The van der Waals surface area contributed by atoms with Gasteiger partial charge in [-0.3, -0.25) is 9.59 Å². The lowest BCUT2D eigenvalue weighted by Gasteiger charge is -2.26. The highest BCUT2D eigenvalue weighted by Gasteiger charge is 2.46. The first-order valence-corrected chi connectivity index (χ1v) is 11.3. The molecule has 1 aliphatic rings. The average Bonchev–Trinajstić information content (AvgIpc) is 3.13. The topological polar surface area (TPSA) is 79.3 Å². The minimum atomic E-state index is -0.918. The van der Waals surface area contributed by atoms with E-state index in [1.807, 2.05) is 43.3 Å². The molecule has 1 fully saturated rings. The normalized spacial score (nSPS) is 16.8. The molecule has 0 spiro atoms. The Kier molecular flexibility index (Phi) is 6.96. The molecule has 1 saturated heterocycles. The standard InChI is InChI=1S/C28H27FN2O5/c1-30(2)20-12-9-17(10-13-20)25-24(26(32)21-15-19(29)11-14-23(21)36-4)27(33)28(34)31(25)16-18-7-5-6-8-22(18)35-3/h5-15,25,32H,16H2,1-4H3/b26-24+. The first-order valence-electron chi connectivity index (χ1n) is 11.3. The number of halogens is 1. The van der Waals surface area contributed by atoms with E-state index in [0.717, 1.165) is 11.8 Å². The highest BCUT2D eigenvalue weighted by Crippen LogP contribution is 2.42. The number of hydrogen-bond donors (Lipinski definition) is 1. The van der Waals surface area contributed by atoms with Gasteiger partial charge in [0.15, 0.2) is 0 Å². The molecule has 36 heavy (non-hydrogen) atoms. The smallest absolute Gasteiger partial charge is 0.295 e. The van der Waals surface area contributed by atoms with Gasteiger partial charge in [-0.2, -0.15) is 0 Å². The number of carbonyl (C=O) groups excluding carboxylic acids is 2. The number of amides is 1. The molecule has 1 aliphatic heterocycles. The second-order valence-corrected chi connectivity index (χ2v) is 8.57. The first-order chi connectivity index (χ1) is 17.3. The van der Waals surface area contributed by atoms with Gasteiger partial charge >= 0.3 is 0 Å². The van der Waals surface area contributed by atoms with Crippen molar-refractivity contribution in [2.75, 3.05) is 33.2 Å². The number of nitrogens with zero attached hydrogens (tertiary/aromatic N) is 2. The number of hydrogen-bond acceptors (Lipinski definition) is 6.